The highest BCUT2D eigenvalue weighted by Gasteiger charge is 2.58. The Kier molecular flexibility index (Phi) is 2.84. The van der Waals surface area contributed by atoms with Gasteiger partial charge in [-0.3, -0.25) is 4.79 Å². The summed E-state index contributed by atoms with van der Waals surface area (Å²) >= 11 is 0. The predicted molar refractivity (Wildman–Crippen MR) is 92.2 cm³/mol. The lowest BCUT2D eigenvalue weighted by molar-refractivity contribution is -0.129. The van der Waals surface area contributed by atoms with E-state index in [1.54, 1.807) is 5.57 Å². The number of fused-ring (bicyclic) bond motifs is 2. The van der Waals surface area contributed by atoms with Gasteiger partial charge in [0.15, 0.2) is 0 Å². The third kappa shape index (κ3) is 1.90. The van der Waals surface area contributed by atoms with Gasteiger partial charge in [0, 0.05) is 12.2 Å². The molecule has 4 aliphatic rings. The quantitative estimate of drug-likeness (QED) is 0.706. The topological polar surface area (TPSA) is 20.3 Å². The second-order valence-corrected chi connectivity index (χ2v) is 8.37. The van der Waals surface area contributed by atoms with Crippen molar-refractivity contribution < 1.29 is 4.79 Å². The highest BCUT2D eigenvalue weighted by molar-refractivity contribution is 5.99. The van der Waals surface area contributed by atoms with E-state index in [0.717, 1.165) is 50.5 Å². The average Bonchev–Trinajstić information content (AvgIpc) is 2.78. The van der Waals surface area contributed by atoms with Crippen molar-refractivity contribution >= 4 is 11.6 Å². The highest BCUT2D eigenvalue weighted by Crippen LogP contribution is 2.63. The molecule has 2 fully saturated rings. The smallest absolute Gasteiger partial charge is 0.233 e. The molecule has 1 heterocycles. The Morgan fingerprint density at radius 3 is 3.00 bits per heavy atom. The summed E-state index contributed by atoms with van der Waals surface area (Å²) in [4.78, 5) is 15.8. The summed E-state index contributed by atoms with van der Waals surface area (Å²) in [5.74, 6) is 2.50. The van der Waals surface area contributed by atoms with Crippen molar-refractivity contribution in [3.05, 3.63) is 41.5 Å². The van der Waals surface area contributed by atoms with Crippen LogP contribution in [0.3, 0.4) is 0 Å². The van der Waals surface area contributed by atoms with Gasteiger partial charge in [-0.25, -0.2) is 0 Å². The lowest BCUT2D eigenvalue weighted by Gasteiger charge is -2.39. The van der Waals surface area contributed by atoms with Crippen LogP contribution in [0.25, 0.3) is 0 Å². The largest absolute Gasteiger partial charge is 0.312 e. The molecular formula is C21H25NO. The monoisotopic (exact) mass is 307 g/mol. The van der Waals surface area contributed by atoms with Gasteiger partial charge in [0.2, 0.25) is 5.91 Å². The maximum atomic E-state index is 13.7. The van der Waals surface area contributed by atoms with Gasteiger partial charge in [0.25, 0.3) is 0 Å². The molecule has 2 saturated carbocycles. The number of hydrogen-bond donors (Lipinski definition) is 0. The molecule has 0 N–H and O–H groups in total. The fraction of sp³-hybridized carbons (Fsp3) is 0.571. The summed E-state index contributed by atoms with van der Waals surface area (Å²) in [5.41, 5.74) is 4.11. The minimum Gasteiger partial charge on any atom is -0.312 e. The predicted octanol–water partition coefficient (Wildman–Crippen LogP) is 4.35. The number of anilines is 1. The molecule has 5 rings (SSSR count). The first-order valence-corrected chi connectivity index (χ1v) is 9.27. The number of para-hydroxylation sites is 1. The Labute approximate surface area is 138 Å². The lowest BCUT2D eigenvalue weighted by atomic mass is 9.69. The van der Waals surface area contributed by atoms with Crippen LogP contribution in [-0.2, 0) is 11.2 Å². The van der Waals surface area contributed by atoms with E-state index < -0.39 is 0 Å². The zero-order valence-electron chi connectivity index (χ0n) is 13.9. The zero-order chi connectivity index (χ0) is 15.6. The summed E-state index contributed by atoms with van der Waals surface area (Å²) in [6.07, 6.45) is 9.27. The third-order valence-electron chi connectivity index (χ3n) is 6.83. The van der Waals surface area contributed by atoms with E-state index in [9.17, 15) is 4.79 Å². The SMILES string of the molecule is CC1C=C2CC3CC(C(=O)N4CCCc5ccccc54)(C1)CC23. The summed E-state index contributed by atoms with van der Waals surface area (Å²) in [6, 6.07) is 8.52. The Morgan fingerprint density at radius 2 is 2.09 bits per heavy atom. The summed E-state index contributed by atoms with van der Waals surface area (Å²) < 4.78 is 0. The van der Waals surface area contributed by atoms with Crippen LogP contribution in [0.5, 0.6) is 0 Å². The number of amides is 1. The second kappa shape index (κ2) is 4.72. The van der Waals surface area contributed by atoms with Crippen molar-refractivity contribution in [3.63, 3.8) is 0 Å². The van der Waals surface area contributed by atoms with Crippen LogP contribution in [0.2, 0.25) is 0 Å². The third-order valence-corrected chi connectivity index (χ3v) is 6.83. The first-order chi connectivity index (χ1) is 11.2. The highest BCUT2D eigenvalue weighted by atomic mass is 16.2. The van der Waals surface area contributed by atoms with Crippen LogP contribution in [0, 0.1) is 23.2 Å². The maximum Gasteiger partial charge on any atom is 0.233 e. The van der Waals surface area contributed by atoms with Gasteiger partial charge in [-0.2, -0.15) is 0 Å². The Morgan fingerprint density at radius 1 is 1.22 bits per heavy atom. The minimum absolute atomic E-state index is 0.0893. The number of carbonyl (C=O) groups is 1. The summed E-state index contributed by atoms with van der Waals surface area (Å²) in [7, 11) is 0. The van der Waals surface area contributed by atoms with Crippen molar-refractivity contribution in [1.29, 1.82) is 0 Å². The molecule has 0 aromatic heterocycles. The second-order valence-electron chi connectivity index (χ2n) is 8.37. The normalized spacial score (nSPS) is 37.5. The van der Waals surface area contributed by atoms with Gasteiger partial charge >= 0.3 is 0 Å². The van der Waals surface area contributed by atoms with E-state index >= 15 is 0 Å². The maximum absolute atomic E-state index is 13.7. The first kappa shape index (κ1) is 13.8. The van der Waals surface area contributed by atoms with Crippen LogP contribution in [-0.4, -0.2) is 12.5 Å². The van der Waals surface area contributed by atoms with Crippen LogP contribution < -0.4 is 4.90 Å². The van der Waals surface area contributed by atoms with Gasteiger partial charge in [0.05, 0.1) is 5.41 Å². The number of hydrogen-bond acceptors (Lipinski definition) is 1. The number of rotatable bonds is 1. The molecule has 2 heteroatoms. The molecular weight excluding hydrogens is 282 g/mol. The molecule has 0 spiro atoms. The van der Waals surface area contributed by atoms with Gasteiger partial charge < -0.3 is 4.90 Å². The lowest BCUT2D eigenvalue weighted by Crippen LogP contribution is -2.46. The van der Waals surface area contributed by atoms with Crippen molar-refractivity contribution in [2.45, 2.75) is 45.4 Å². The summed E-state index contributed by atoms with van der Waals surface area (Å²) in [5, 5.41) is 0. The van der Waals surface area contributed by atoms with Crippen LogP contribution >= 0.6 is 0 Å². The molecule has 23 heavy (non-hydrogen) atoms. The number of nitrogens with zero attached hydrogens (tertiary/aromatic N) is 1. The zero-order valence-corrected chi connectivity index (χ0v) is 13.9. The Balaban J connectivity index is 1.52. The van der Waals surface area contributed by atoms with Gasteiger partial charge in [0.1, 0.15) is 0 Å². The van der Waals surface area contributed by atoms with E-state index in [1.807, 2.05) is 0 Å². The number of carbonyl (C=O) groups excluding carboxylic acids is 1. The van der Waals surface area contributed by atoms with Gasteiger partial charge in [-0.05, 0) is 67.9 Å². The molecule has 1 aromatic carbocycles. The Bertz CT molecular complexity index is 706. The summed E-state index contributed by atoms with van der Waals surface area (Å²) in [6.45, 7) is 3.21. The van der Waals surface area contributed by atoms with Crippen LogP contribution in [0.15, 0.2) is 35.9 Å². The fourth-order valence-electron chi connectivity index (χ4n) is 5.95. The van der Waals surface area contributed by atoms with Crippen molar-refractivity contribution in [3.8, 4) is 0 Å². The van der Waals surface area contributed by atoms with Crippen molar-refractivity contribution in [2.24, 2.45) is 23.2 Å². The number of allylic oxidation sites excluding steroid dienone is 2. The molecule has 1 aromatic rings. The minimum atomic E-state index is -0.0893. The van der Waals surface area contributed by atoms with Gasteiger partial charge in [-0.1, -0.05) is 36.8 Å². The van der Waals surface area contributed by atoms with E-state index in [2.05, 4.69) is 42.2 Å². The molecule has 0 saturated heterocycles. The molecule has 2 bridgehead atoms. The number of benzene rings is 1. The molecule has 4 atom stereocenters. The van der Waals surface area contributed by atoms with Crippen molar-refractivity contribution in [1.82, 2.24) is 0 Å². The van der Waals surface area contributed by atoms with Gasteiger partial charge in [-0.15, -0.1) is 0 Å². The van der Waals surface area contributed by atoms with E-state index in [1.165, 1.54) is 17.7 Å². The van der Waals surface area contributed by atoms with Crippen LogP contribution in [0.4, 0.5) is 5.69 Å². The molecule has 3 aliphatic carbocycles. The van der Waals surface area contributed by atoms with E-state index in [0.29, 0.717) is 11.8 Å². The van der Waals surface area contributed by atoms with E-state index in [-0.39, 0.29) is 5.41 Å². The molecule has 2 nitrogen and oxygen atoms in total. The average molecular weight is 307 g/mol. The standard InChI is InChI=1S/C21H25NO/c1-14-9-16-10-17-12-21(11-14,13-18(16)17)20(23)22-8-4-6-15-5-2-3-7-19(15)22/h2-3,5,7,9,14,17-18H,4,6,8,10-13H2,1H3. The van der Waals surface area contributed by atoms with Crippen molar-refractivity contribution in [2.75, 3.05) is 11.4 Å². The van der Waals surface area contributed by atoms with E-state index in [4.69, 9.17) is 0 Å². The molecule has 120 valence electrons. The fourth-order valence-corrected chi connectivity index (χ4v) is 5.95. The molecule has 0 radical (unpaired) electrons. The molecule has 4 unspecified atom stereocenters. The van der Waals surface area contributed by atoms with Crippen LogP contribution in [0.1, 0.15) is 44.6 Å². The number of aryl methyl sites for hydroxylation is 1. The first-order valence-electron chi connectivity index (χ1n) is 9.27. The molecule has 1 amide bonds. The molecule has 1 aliphatic heterocycles. The Hall–Kier alpha value is -1.57.